The summed E-state index contributed by atoms with van der Waals surface area (Å²) in [7, 11) is 0. The summed E-state index contributed by atoms with van der Waals surface area (Å²) in [4.78, 5) is 8.50. The molecule has 0 aromatic carbocycles. The van der Waals surface area contributed by atoms with Gasteiger partial charge in [-0.25, -0.2) is 9.97 Å². The standard InChI is InChI=1S/C10H15ClN2S/c1-4-8(3)14-6-10-12-7(2)5-9(11)13-10/h5,8H,4,6H2,1-3H3. The summed E-state index contributed by atoms with van der Waals surface area (Å²) >= 11 is 7.70. The number of thioether (sulfide) groups is 1. The Morgan fingerprint density at radius 2 is 2.21 bits per heavy atom. The normalized spacial score (nSPS) is 12.9. The first-order valence-corrected chi connectivity index (χ1v) is 6.16. The lowest BCUT2D eigenvalue weighted by Crippen LogP contribution is -1.99. The predicted molar refractivity (Wildman–Crippen MR) is 62.8 cm³/mol. The van der Waals surface area contributed by atoms with Crippen molar-refractivity contribution in [3.63, 3.8) is 0 Å². The van der Waals surface area contributed by atoms with Gasteiger partial charge in [0, 0.05) is 10.9 Å². The predicted octanol–water partition coefficient (Wildman–Crippen LogP) is 3.47. The molecule has 0 N–H and O–H groups in total. The van der Waals surface area contributed by atoms with Crippen LogP contribution in [0, 0.1) is 6.92 Å². The molecule has 2 nitrogen and oxygen atoms in total. The van der Waals surface area contributed by atoms with Gasteiger partial charge in [-0.15, -0.1) is 0 Å². The van der Waals surface area contributed by atoms with E-state index in [-0.39, 0.29) is 0 Å². The maximum absolute atomic E-state index is 5.84. The summed E-state index contributed by atoms with van der Waals surface area (Å²) in [5.74, 6) is 1.68. The van der Waals surface area contributed by atoms with Crippen LogP contribution < -0.4 is 0 Å². The van der Waals surface area contributed by atoms with Crippen LogP contribution in [0.2, 0.25) is 5.15 Å². The van der Waals surface area contributed by atoms with Gasteiger partial charge in [-0.1, -0.05) is 25.4 Å². The highest BCUT2D eigenvalue weighted by Crippen LogP contribution is 2.18. The van der Waals surface area contributed by atoms with Crippen LogP contribution in [-0.4, -0.2) is 15.2 Å². The molecule has 14 heavy (non-hydrogen) atoms. The maximum Gasteiger partial charge on any atom is 0.140 e. The molecular weight excluding hydrogens is 216 g/mol. The zero-order chi connectivity index (χ0) is 10.6. The first-order valence-electron chi connectivity index (χ1n) is 4.73. The van der Waals surface area contributed by atoms with Gasteiger partial charge in [0.25, 0.3) is 0 Å². The topological polar surface area (TPSA) is 25.8 Å². The number of hydrogen-bond acceptors (Lipinski definition) is 3. The van der Waals surface area contributed by atoms with Crippen molar-refractivity contribution >= 4 is 23.4 Å². The average molecular weight is 231 g/mol. The molecule has 0 aliphatic heterocycles. The van der Waals surface area contributed by atoms with Gasteiger partial charge in [-0.05, 0) is 19.4 Å². The van der Waals surface area contributed by atoms with Crippen molar-refractivity contribution < 1.29 is 0 Å². The third-order valence-corrected chi connectivity index (χ3v) is 3.46. The van der Waals surface area contributed by atoms with E-state index >= 15 is 0 Å². The molecule has 0 fully saturated rings. The molecule has 1 heterocycles. The van der Waals surface area contributed by atoms with Crippen molar-refractivity contribution in [3.8, 4) is 0 Å². The first kappa shape index (κ1) is 11.8. The van der Waals surface area contributed by atoms with Crippen LogP contribution in [0.15, 0.2) is 6.07 Å². The smallest absolute Gasteiger partial charge is 0.140 e. The summed E-state index contributed by atoms with van der Waals surface area (Å²) in [6.45, 7) is 6.33. The van der Waals surface area contributed by atoms with E-state index < -0.39 is 0 Å². The van der Waals surface area contributed by atoms with E-state index in [1.54, 1.807) is 6.07 Å². The average Bonchev–Trinajstić information content (AvgIpc) is 2.12. The number of aromatic nitrogens is 2. The summed E-state index contributed by atoms with van der Waals surface area (Å²) in [6, 6.07) is 1.78. The molecule has 0 saturated carbocycles. The van der Waals surface area contributed by atoms with Gasteiger partial charge in [0.15, 0.2) is 0 Å². The van der Waals surface area contributed by atoms with Crippen LogP contribution in [0.4, 0.5) is 0 Å². The molecule has 0 aliphatic carbocycles. The molecule has 78 valence electrons. The number of rotatable bonds is 4. The largest absolute Gasteiger partial charge is 0.237 e. The second-order valence-corrected chi connectivity index (χ2v) is 5.09. The summed E-state index contributed by atoms with van der Waals surface area (Å²) in [5, 5.41) is 1.19. The van der Waals surface area contributed by atoms with Crippen molar-refractivity contribution in [2.45, 2.75) is 38.2 Å². The second kappa shape index (κ2) is 5.56. The van der Waals surface area contributed by atoms with E-state index in [0.29, 0.717) is 10.4 Å². The van der Waals surface area contributed by atoms with Gasteiger partial charge in [0.1, 0.15) is 11.0 Å². The number of halogens is 1. The number of hydrogen-bond donors (Lipinski definition) is 0. The third-order valence-electron chi connectivity index (χ3n) is 1.94. The molecule has 4 heteroatoms. The van der Waals surface area contributed by atoms with Gasteiger partial charge in [0.05, 0.1) is 5.75 Å². The van der Waals surface area contributed by atoms with Gasteiger partial charge in [-0.3, -0.25) is 0 Å². The van der Waals surface area contributed by atoms with Crippen molar-refractivity contribution in [2.75, 3.05) is 0 Å². The monoisotopic (exact) mass is 230 g/mol. The van der Waals surface area contributed by atoms with Gasteiger partial charge < -0.3 is 0 Å². The van der Waals surface area contributed by atoms with Crippen LogP contribution in [0.5, 0.6) is 0 Å². The highest BCUT2D eigenvalue weighted by Gasteiger charge is 2.04. The zero-order valence-electron chi connectivity index (χ0n) is 8.75. The fourth-order valence-corrected chi connectivity index (χ4v) is 2.04. The molecule has 0 radical (unpaired) electrons. The van der Waals surface area contributed by atoms with Crippen LogP contribution in [0.25, 0.3) is 0 Å². The fraction of sp³-hybridized carbons (Fsp3) is 0.600. The summed E-state index contributed by atoms with van der Waals surface area (Å²) < 4.78 is 0. The van der Waals surface area contributed by atoms with Crippen LogP contribution >= 0.6 is 23.4 Å². The van der Waals surface area contributed by atoms with Crippen molar-refractivity contribution in [1.82, 2.24) is 9.97 Å². The van der Waals surface area contributed by atoms with Crippen LogP contribution in [-0.2, 0) is 5.75 Å². The van der Waals surface area contributed by atoms with Gasteiger partial charge in [0.2, 0.25) is 0 Å². The maximum atomic E-state index is 5.84. The van der Waals surface area contributed by atoms with E-state index in [1.807, 2.05) is 18.7 Å². The van der Waals surface area contributed by atoms with Crippen molar-refractivity contribution in [3.05, 3.63) is 22.7 Å². The molecule has 1 rings (SSSR count). The van der Waals surface area contributed by atoms with Crippen molar-refractivity contribution in [1.29, 1.82) is 0 Å². The molecule has 0 amide bonds. The lowest BCUT2D eigenvalue weighted by molar-refractivity contribution is 0.899. The molecule has 1 atom stereocenters. The highest BCUT2D eigenvalue weighted by molar-refractivity contribution is 7.99. The van der Waals surface area contributed by atoms with E-state index in [9.17, 15) is 0 Å². The van der Waals surface area contributed by atoms with E-state index in [4.69, 9.17) is 11.6 Å². The molecule has 0 aliphatic rings. The SMILES string of the molecule is CCC(C)SCc1nc(C)cc(Cl)n1. The number of aryl methyl sites for hydroxylation is 1. The molecule has 0 saturated heterocycles. The van der Waals surface area contributed by atoms with Gasteiger partial charge >= 0.3 is 0 Å². The molecule has 1 unspecified atom stereocenters. The Bertz CT molecular complexity index is 284. The quantitative estimate of drug-likeness (QED) is 0.741. The molecule has 0 spiro atoms. The minimum atomic E-state index is 0.539. The highest BCUT2D eigenvalue weighted by atomic mass is 35.5. The van der Waals surface area contributed by atoms with Gasteiger partial charge in [-0.2, -0.15) is 11.8 Å². The van der Waals surface area contributed by atoms with Crippen molar-refractivity contribution in [2.24, 2.45) is 0 Å². The Kier molecular flexibility index (Phi) is 4.69. The van der Waals surface area contributed by atoms with E-state index in [2.05, 4.69) is 23.8 Å². The number of nitrogens with zero attached hydrogens (tertiary/aromatic N) is 2. The lowest BCUT2D eigenvalue weighted by Gasteiger charge is -2.07. The Labute approximate surface area is 94.5 Å². The second-order valence-electron chi connectivity index (χ2n) is 3.28. The molecular formula is C10H15ClN2S. The first-order chi connectivity index (χ1) is 6.61. The van der Waals surface area contributed by atoms with Crippen LogP contribution in [0.3, 0.4) is 0 Å². The minimum Gasteiger partial charge on any atom is -0.237 e. The zero-order valence-corrected chi connectivity index (χ0v) is 10.3. The summed E-state index contributed by atoms with van der Waals surface area (Å²) in [5.41, 5.74) is 0.935. The summed E-state index contributed by atoms with van der Waals surface area (Å²) in [6.07, 6.45) is 1.17. The Morgan fingerprint density at radius 1 is 1.50 bits per heavy atom. The molecule has 1 aromatic heterocycles. The molecule has 0 bridgehead atoms. The Morgan fingerprint density at radius 3 is 2.79 bits per heavy atom. The molecule has 1 aromatic rings. The third kappa shape index (κ3) is 3.84. The Balaban J connectivity index is 2.58. The Hall–Kier alpha value is -0.280. The van der Waals surface area contributed by atoms with E-state index in [0.717, 1.165) is 17.3 Å². The van der Waals surface area contributed by atoms with E-state index in [1.165, 1.54) is 6.42 Å². The minimum absolute atomic E-state index is 0.539. The lowest BCUT2D eigenvalue weighted by atomic mass is 10.4. The van der Waals surface area contributed by atoms with Crippen LogP contribution in [0.1, 0.15) is 31.8 Å². The fourth-order valence-electron chi connectivity index (χ4n) is 0.988.